The fraction of sp³-hybridized carbons (Fsp3) is 0.0476. The van der Waals surface area contributed by atoms with Gasteiger partial charge in [0.05, 0.1) is 11.6 Å². The number of aryl methyl sites for hydroxylation is 1. The minimum atomic E-state index is -0.125. The van der Waals surface area contributed by atoms with Crippen LogP contribution >= 0.6 is 0 Å². The lowest BCUT2D eigenvalue weighted by Crippen LogP contribution is -2.13. The van der Waals surface area contributed by atoms with Gasteiger partial charge in [-0.3, -0.25) is 4.79 Å². The minimum absolute atomic E-state index is 0.125. The molecule has 0 unspecified atom stereocenters. The number of nitrogens with one attached hydrogen (secondary N) is 2. The first-order valence-corrected chi connectivity index (χ1v) is 7.90. The number of anilines is 3. The third kappa shape index (κ3) is 4.04. The smallest absolute Gasteiger partial charge is 0.255 e. The highest BCUT2D eigenvalue weighted by Crippen LogP contribution is 2.20. The number of amides is 1. The highest BCUT2D eigenvalue weighted by atomic mass is 16.1. The molecule has 3 rings (SSSR count). The molecule has 0 aliphatic carbocycles. The second kappa shape index (κ2) is 7.33. The Labute approximate surface area is 146 Å². The molecule has 0 saturated heterocycles. The lowest BCUT2D eigenvalue weighted by Gasteiger charge is -2.10. The van der Waals surface area contributed by atoms with E-state index in [4.69, 9.17) is 5.26 Å². The zero-order valence-corrected chi connectivity index (χ0v) is 13.8. The summed E-state index contributed by atoms with van der Waals surface area (Å²) in [5.41, 5.74) is 4.66. The molecule has 0 heterocycles. The van der Waals surface area contributed by atoms with E-state index >= 15 is 0 Å². The van der Waals surface area contributed by atoms with Crippen LogP contribution in [-0.4, -0.2) is 5.91 Å². The SMILES string of the molecule is Cc1ccccc1C(=O)Nc1ccc(Nc2cccc(C#N)c2)cc1. The molecule has 0 radical (unpaired) electrons. The molecule has 1 amide bonds. The van der Waals surface area contributed by atoms with Crippen LogP contribution in [-0.2, 0) is 0 Å². The molecule has 4 nitrogen and oxygen atoms in total. The second-order valence-electron chi connectivity index (χ2n) is 5.66. The van der Waals surface area contributed by atoms with Gasteiger partial charge in [-0.1, -0.05) is 24.3 Å². The Kier molecular flexibility index (Phi) is 4.77. The number of hydrogen-bond donors (Lipinski definition) is 2. The van der Waals surface area contributed by atoms with E-state index in [0.29, 0.717) is 11.1 Å². The quantitative estimate of drug-likeness (QED) is 0.719. The van der Waals surface area contributed by atoms with E-state index in [-0.39, 0.29) is 5.91 Å². The van der Waals surface area contributed by atoms with Crippen LogP contribution in [0.25, 0.3) is 0 Å². The fourth-order valence-electron chi connectivity index (χ4n) is 2.50. The van der Waals surface area contributed by atoms with Gasteiger partial charge in [0.15, 0.2) is 0 Å². The van der Waals surface area contributed by atoms with Crippen LogP contribution in [0.5, 0.6) is 0 Å². The standard InChI is InChI=1S/C21H17N3O/c1-15-5-2-3-8-20(15)21(25)24-18-11-9-17(10-12-18)23-19-7-4-6-16(13-19)14-22/h2-13,23H,1H3,(H,24,25). The van der Waals surface area contributed by atoms with Gasteiger partial charge in [-0.2, -0.15) is 5.26 Å². The minimum Gasteiger partial charge on any atom is -0.355 e. The molecule has 0 bridgehead atoms. The zero-order valence-electron chi connectivity index (χ0n) is 13.8. The van der Waals surface area contributed by atoms with Crippen molar-refractivity contribution in [3.63, 3.8) is 0 Å². The predicted octanol–water partition coefficient (Wildman–Crippen LogP) is 4.86. The molecule has 4 heteroatoms. The van der Waals surface area contributed by atoms with Crippen molar-refractivity contribution >= 4 is 23.0 Å². The largest absolute Gasteiger partial charge is 0.355 e. The molecule has 0 aromatic heterocycles. The Morgan fingerprint density at radius 2 is 1.60 bits per heavy atom. The average Bonchev–Trinajstić information content (AvgIpc) is 2.64. The lowest BCUT2D eigenvalue weighted by atomic mass is 10.1. The van der Waals surface area contributed by atoms with Crippen molar-refractivity contribution in [2.24, 2.45) is 0 Å². The molecule has 0 saturated carbocycles. The molecule has 3 aromatic carbocycles. The summed E-state index contributed by atoms with van der Waals surface area (Å²) in [5.74, 6) is -0.125. The summed E-state index contributed by atoms with van der Waals surface area (Å²) < 4.78 is 0. The summed E-state index contributed by atoms with van der Waals surface area (Å²) in [4.78, 5) is 12.3. The van der Waals surface area contributed by atoms with Crippen LogP contribution in [0, 0.1) is 18.3 Å². The topological polar surface area (TPSA) is 64.9 Å². The van der Waals surface area contributed by atoms with Crippen molar-refractivity contribution in [2.45, 2.75) is 6.92 Å². The molecule has 122 valence electrons. The number of benzene rings is 3. The monoisotopic (exact) mass is 327 g/mol. The van der Waals surface area contributed by atoms with E-state index in [0.717, 1.165) is 22.6 Å². The first-order valence-electron chi connectivity index (χ1n) is 7.90. The molecule has 3 aromatic rings. The van der Waals surface area contributed by atoms with Gasteiger partial charge in [-0.15, -0.1) is 0 Å². The summed E-state index contributed by atoms with van der Waals surface area (Å²) in [7, 11) is 0. The predicted molar refractivity (Wildman–Crippen MR) is 100 cm³/mol. The maximum Gasteiger partial charge on any atom is 0.255 e. The van der Waals surface area contributed by atoms with Gasteiger partial charge < -0.3 is 10.6 Å². The summed E-state index contributed by atoms with van der Waals surface area (Å²) >= 11 is 0. The van der Waals surface area contributed by atoms with E-state index in [1.54, 1.807) is 12.1 Å². The van der Waals surface area contributed by atoms with Gasteiger partial charge in [0.25, 0.3) is 5.91 Å². The maximum atomic E-state index is 12.3. The third-order valence-electron chi connectivity index (χ3n) is 3.81. The van der Waals surface area contributed by atoms with E-state index in [9.17, 15) is 4.79 Å². The van der Waals surface area contributed by atoms with Crippen molar-refractivity contribution < 1.29 is 4.79 Å². The third-order valence-corrected chi connectivity index (χ3v) is 3.81. The van der Waals surface area contributed by atoms with Gasteiger partial charge in [0.1, 0.15) is 0 Å². The number of rotatable bonds is 4. The van der Waals surface area contributed by atoms with Crippen LogP contribution in [0.15, 0.2) is 72.8 Å². The molecule has 0 spiro atoms. The fourth-order valence-corrected chi connectivity index (χ4v) is 2.50. The van der Waals surface area contributed by atoms with Gasteiger partial charge in [0, 0.05) is 22.6 Å². The van der Waals surface area contributed by atoms with E-state index in [1.807, 2.05) is 67.6 Å². The van der Waals surface area contributed by atoms with Crippen LogP contribution in [0.4, 0.5) is 17.1 Å². The average molecular weight is 327 g/mol. The first-order chi connectivity index (χ1) is 12.2. The Morgan fingerprint density at radius 3 is 2.32 bits per heavy atom. The van der Waals surface area contributed by atoms with E-state index in [1.165, 1.54) is 0 Å². The molecule has 0 aliphatic heterocycles. The second-order valence-corrected chi connectivity index (χ2v) is 5.66. The van der Waals surface area contributed by atoms with Crippen molar-refractivity contribution in [1.82, 2.24) is 0 Å². The summed E-state index contributed by atoms with van der Waals surface area (Å²) in [5, 5.41) is 15.1. The van der Waals surface area contributed by atoms with Crippen molar-refractivity contribution in [3.8, 4) is 6.07 Å². The van der Waals surface area contributed by atoms with Crippen LogP contribution in [0.2, 0.25) is 0 Å². The van der Waals surface area contributed by atoms with Crippen LogP contribution < -0.4 is 10.6 Å². The molecular formula is C21H17N3O. The summed E-state index contributed by atoms with van der Waals surface area (Å²) in [6.07, 6.45) is 0. The van der Waals surface area contributed by atoms with Gasteiger partial charge >= 0.3 is 0 Å². The Hall–Kier alpha value is -3.58. The summed E-state index contributed by atoms with van der Waals surface area (Å²) in [6.45, 7) is 1.91. The van der Waals surface area contributed by atoms with E-state index < -0.39 is 0 Å². The highest BCUT2D eigenvalue weighted by Gasteiger charge is 2.08. The van der Waals surface area contributed by atoms with Crippen molar-refractivity contribution in [2.75, 3.05) is 10.6 Å². The number of carbonyl (C=O) groups is 1. The Balaban J connectivity index is 1.69. The first kappa shape index (κ1) is 16.3. The molecule has 0 atom stereocenters. The van der Waals surface area contributed by atoms with Gasteiger partial charge in [-0.05, 0) is 61.0 Å². The van der Waals surface area contributed by atoms with Crippen molar-refractivity contribution in [3.05, 3.63) is 89.5 Å². The molecule has 2 N–H and O–H groups in total. The normalized spacial score (nSPS) is 9.92. The van der Waals surface area contributed by atoms with Crippen LogP contribution in [0.1, 0.15) is 21.5 Å². The summed E-state index contributed by atoms with van der Waals surface area (Å²) in [6, 6.07) is 24.3. The molecule has 0 fully saturated rings. The number of nitrogens with zero attached hydrogens (tertiary/aromatic N) is 1. The zero-order chi connectivity index (χ0) is 17.6. The highest BCUT2D eigenvalue weighted by molar-refractivity contribution is 6.05. The lowest BCUT2D eigenvalue weighted by molar-refractivity contribution is 0.102. The molecule has 0 aliphatic rings. The van der Waals surface area contributed by atoms with Crippen LogP contribution in [0.3, 0.4) is 0 Å². The Bertz CT molecular complexity index is 940. The van der Waals surface area contributed by atoms with E-state index in [2.05, 4.69) is 16.7 Å². The number of hydrogen-bond acceptors (Lipinski definition) is 3. The van der Waals surface area contributed by atoms with Crippen molar-refractivity contribution in [1.29, 1.82) is 5.26 Å². The maximum absolute atomic E-state index is 12.3. The number of nitriles is 1. The Morgan fingerprint density at radius 1 is 0.880 bits per heavy atom. The number of carbonyl (C=O) groups excluding carboxylic acids is 1. The molecular weight excluding hydrogens is 310 g/mol. The van der Waals surface area contributed by atoms with Gasteiger partial charge in [-0.25, -0.2) is 0 Å². The van der Waals surface area contributed by atoms with Gasteiger partial charge in [0.2, 0.25) is 0 Å². The molecule has 25 heavy (non-hydrogen) atoms.